The van der Waals surface area contributed by atoms with Crippen molar-refractivity contribution in [1.82, 2.24) is 14.9 Å². The number of fused-ring (bicyclic) bond motifs is 3. The number of H-pyrrole nitrogens is 2. The van der Waals surface area contributed by atoms with E-state index in [1.165, 1.54) is 72.9 Å². The molecule has 2 N–H and O–H groups in total. The maximum Gasteiger partial charge on any atom is 0.231 e. The van der Waals surface area contributed by atoms with E-state index >= 15 is 0 Å². The van der Waals surface area contributed by atoms with Crippen LogP contribution in [0, 0.1) is 0 Å². The van der Waals surface area contributed by atoms with Crippen LogP contribution in [0.4, 0.5) is 0 Å². The summed E-state index contributed by atoms with van der Waals surface area (Å²) in [5.74, 6) is 3.23. The van der Waals surface area contributed by atoms with E-state index in [0.29, 0.717) is 12.7 Å². The average molecular weight is 446 g/mol. The van der Waals surface area contributed by atoms with Gasteiger partial charge in [0.05, 0.1) is 7.11 Å². The molecule has 2 aliphatic heterocycles. The number of unbranched alkanes of at least 4 members (excludes halogenated alkanes) is 1. The fourth-order valence-corrected chi connectivity index (χ4v) is 5.37. The molecule has 6 nitrogen and oxygen atoms in total. The van der Waals surface area contributed by atoms with Gasteiger partial charge in [0.15, 0.2) is 11.5 Å². The van der Waals surface area contributed by atoms with Crippen LogP contribution in [-0.2, 0) is 6.42 Å². The molecule has 0 atom stereocenters. The highest BCUT2D eigenvalue weighted by Gasteiger charge is 2.23. The summed E-state index contributed by atoms with van der Waals surface area (Å²) in [7, 11) is 1.73. The Morgan fingerprint density at radius 3 is 2.70 bits per heavy atom. The van der Waals surface area contributed by atoms with Gasteiger partial charge in [0.1, 0.15) is 5.75 Å². The van der Waals surface area contributed by atoms with Gasteiger partial charge in [-0.1, -0.05) is 0 Å². The quantitative estimate of drug-likeness (QED) is 0.364. The van der Waals surface area contributed by atoms with Crippen molar-refractivity contribution < 1.29 is 14.2 Å². The number of benzene rings is 2. The summed E-state index contributed by atoms with van der Waals surface area (Å²) in [6.07, 6.45) is 8.13. The van der Waals surface area contributed by atoms with E-state index in [9.17, 15) is 0 Å². The molecule has 2 aromatic carbocycles. The number of piperidine rings is 1. The second-order valence-electron chi connectivity index (χ2n) is 9.32. The van der Waals surface area contributed by atoms with E-state index in [2.05, 4.69) is 51.4 Å². The molecule has 1 saturated heterocycles. The van der Waals surface area contributed by atoms with Gasteiger partial charge in [-0.25, -0.2) is 0 Å². The Morgan fingerprint density at radius 1 is 1.00 bits per heavy atom. The number of aromatic nitrogens is 2. The Labute approximate surface area is 193 Å². The number of aromatic amines is 2. The van der Waals surface area contributed by atoms with Gasteiger partial charge in [-0.3, -0.25) is 0 Å². The fourth-order valence-electron chi connectivity index (χ4n) is 5.37. The summed E-state index contributed by atoms with van der Waals surface area (Å²) in [5, 5.41) is 2.50. The minimum Gasteiger partial charge on any atom is -0.497 e. The number of aryl methyl sites for hydroxylation is 1. The zero-order valence-corrected chi connectivity index (χ0v) is 19.2. The summed E-state index contributed by atoms with van der Waals surface area (Å²) in [6, 6.07) is 12.7. The lowest BCUT2D eigenvalue weighted by Crippen LogP contribution is -2.33. The number of methoxy groups -OCH3 is 1. The summed E-state index contributed by atoms with van der Waals surface area (Å²) < 4.78 is 16.4. The molecule has 33 heavy (non-hydrogen) atoms. The molecule has 1 fully saturated rings. The monoisotopic (exact) mass is 445 g/mol. The first kappa shape index (κ1) is 20.5. The van der Waals surface area contributed by atoms with Gasteiger partial charge < -0.3 is 29.1 Å². The molecular formula is C27H31N3O3. The zero-order valence-electron chi connectivity index (χ0n) is 19.2. The van der Waals surface area contributed by atoms with Crippen molar-refractivity contribution >= 4 is 21.8 Å². The van der Waals surface area contributed by atoms with E-state index in [-0.39, 0.29) is 0 Å². The molecule has 0 saturated carbocycles. The minimum atomic E-state index is 0.323. The molecule has 0 bridgehead atoms. The summed E-state index contributed by atoms with van der Waals surface area (Å²) in [4.78, 5) is 9.66. The third kappa shape index (κ3) is 4.04. The van der Waals surface area contributed by atoms with Crippen LogP contribution >= 0.6 is 0 Å². The number of nitrogens with zero attached hydrogens (tertiary/aromatic N) is 1. The van der Waals surface area contributed by atoms with E-state index in [0.717, 1.165) is 29.2 Å². The number of likely N-dealkylation sites (tertiary alicyclic amines) is 1. The highest BCUT2D eigenvalue weighted by Crippen LogP contribution is 2.38. The Hall–Kier alpha value is -3.12. The topological polar surface area (TPSA) is 62.5 Å². The van der Waals surface area contributed by atoms with Gasteiger partial charge in [0.25, 0.3) is 0 Å². The highest BCUT2D eigenvalue weighted by molar-refractivity contribution is 5.85. The first-order valence-electron chi connectivity index (χ1n) is 12.1. The van der Waals surface area contributed by atoms with Gasteiger partial charge in [0.2, 0.25) is 6.79 Å². The molecule has 6 rings (SSSR count). The Bertz CT molecular complexity index is 1230. The summed E-state index contributed by atoms with van der Waals surface area (Å²) in [5.41, 5.74) is 5.08. The highest BCUT2D eigenvalue weighted by atomic mass is 16.7. The standard InChI is InChI=1S/C27H31N3O3/c1-31-21-5-6-23-22(14-21)19(16-28-23)4-2-3-9-30-10-7-18(8-11-30)24-12-20-13-26-27(33-17-32-26)15-25(20)29-24/h5-6,12-16,18,28-29H,2-4,7-11,17H2,1H3. The third-order valence-corrected chi connectivity index (χ3v) is 7.31. The fraction of sp³-hybridized carbons (Fsp3) is 0.407. The number of hydrogen-bond donors (Lipinski definition) is 2. The van der Waals surface area contributed by atoms with Gasteiger partial charge in [-0.2, -0.15) is 0 Å². The first-order chi connectivity index (χ1) is 16.3. The van der Waals surface area contributed by atoms with E-state index in [1.807, 2.05) is 6.07 Å². The first-order valence-corrected chi connectivity index (χ1v) is 12.1. The molecule has 4 aromatic rings. The van der Waals surface area contributed by atoms with Crippen molar-refractivity contribution in [2.45, 2.75) is 38.0 Å². The van der Waals surface area contributed by atoms with Gasteiger partial charge in [-0.15, -0.1) is 0 Å². The van der Waals surface area contributed by atoms with E-state index in [1.54, 1.807) is 7.11 Å². The Morgan fingerprint density at radius 2 is 1.85 bits per heavy atom. The van der Waals surface area contributed by atoms with Crippen molar-refractivity contribution in [2.24, 2.45) is 0 Å². The molecule has 6 heteroatoms. The molecule has 0 spiro atoms. The molecule has 2 aromatic heterocycles. The lowest BCUT2D eigenvalue weighted by molar-refractivity contribution is 0.174. The predicted octanol–water partition coefficient (Wildman–Crippen LogP) is 5.59. The number of hydrogen-bond acceptors (Lipinski definition) is 4. The Kier molecular flexibility index (Phi) is 5.38. The summed E-state index contributed by atoms with van der Waals surface area (Å²) >= 11 is 0. The SMILES string of the molecule is COc1ccc2[nH]cc(CCCCN3CCC(c4cc5cc6c(cc5[nH]4)OCO6)CC3)c2c1. The number of nitrogens with one attached hydrogen (secondary N) is 2. The smallest absolute Gasteiger partial charge is 0.231 e. The van der Waals surface area contributed by atoms with Crippen LogP contribution in [0.2, 0.25) is 0 Å². The third-order valence-electron chi connectivity index (χ3n) is 7.31. The van der Waals surface area contributed by atoms with E-state index < -0.39 is 0 Å². The predicted molar refractivity (Wildman–Crippen MR) is 131 cm³/mol. The zero-order chi connectivity index (χ0) is 22.2. The minimum absolute atomic E-state index is 0.323. The van der Waals surface area contributed by atoms with Crippen molar-refractivity contribution in [1.29, 1.82) is 0 Å². The van der Waals surface area contributed by atoms with Crippen LogP contribution in [-0.4, -0.2) is 48.4 Å². The molecule has 0 aliphatic carbocycles. The molecule has 0 unspecified atom stereocenters. The lowest BCUT2D eigenvalue weighted by atomic mass is 9.93. The molecule has 2 aliphatic rings. The maximum absolute atomic E-state index is 5.53. The molecule has 0 amide bonds. The molecule has 4 heterocycles. The molecule has 172 valence electrons. The van der Waals surface area contributed by atoms with Crippen LogP contribution in [0.25, 0.3) is 21.8 Å². The second-order valence-corrected chi connectivity index (χ2v) is 9.32. The van der Waals surface area contributed by atoms with Crippen LogP contribution < -0.4 is 14.2 Å². The van der Waals surface area contributed by atoms with Crippen molar-refractivity contribution in [3.05, 3.63) is 53.9 Å². The van der Waals surface area contributed by atoms with E-state index in [4.69, 9.17) is 14.2 Å². The van der Waals surface area contributed by atoms with Crippen LogP contribution in [0.5, 0.6) is 17.2 Å². The summed E-state index contributed by atoms with van der Waals surface area (Å²) in [6.45, 7) is 3.86. The van der Waals surface area contributed by atoms with Gasteiger partial charge >= 0.3 is 0 Å². The van der Waals surface area contributed by atoms with Crippen molar-refractivity contribution in [3.63, 3.8) is 0 Å². The number of rotatable bonds is 7. The van der Waals surface area contributed by atoms with Crippen molar-refractivity contribution in [2.75, 3.05) is 33.5 Å². The van der Waals surface area contributed by atoms with Gasteiger partial charge in [0, 0.05) is 45.7 Å². The van der Waals surface area contributed by atoms with Crippen LogP contribution in [0.1, 0.15) is 42.9 Å². The normalized spacial score (nSPS) is 16.8. The second kappa shape index (κ2) is 8.67. The van der Waals surface area contributed by atoms with Gasteiger partial charge in [-0.05, 0) is 87.6 Å². The number of ether oxygens (including phenoxy) is 3. The molecule has 0 radical (unpaired) electrons. The largest absolute Gasteiger partial charge is 0.497 e. The lowest BCUT2D eigenvalue weighted by Gasteiger charge is -2.31. The maximum atomic E-state index is 5.53. The van der Waals surface area contributed by atoms with Crippen LogP contribution in [0.15, 0.2) is 42.6 Å². The van der Waals surface area contributed by atoms with Crippen molar-refractivity contribution in [3.8, 4) is 17.2 Å². The average Bonchev–Trinajstić information content (AvgIpc) is 3.58. The Balaban J connectivity index is 0.995. The molecular weight excluding hydrogens is 414 g/mol. The van der Waals surface area contributed by atoms with Crippen LogP contribution in [0.3, 0.4) is 0 Å².